The van der Waals surface area contributed by atoms with E-state index in [1.54, 1.807) is 6.07 Å². The van der Waals surface area contributed by atoms with Crippen LogP contribution in [0.3, 0.4) is 0 Å². The molecule has 0 aliphatic rings. The van der Waals surface area contributed by atoms with Crippen LogP contribution in [0, 0.1) is 0 Å². The monoisotopic (exact) mass is 276 g/mol. The fraction of sp³-hybridized carbons (Fsp3) is 0.562. The van der Waals surface area contributed by atoms with Crippen LogP contribution in [-0.4, -0.2) is 11.1 Å². The second kappa shape index (κ2) is 7.29. The summed E-state index contributed by atoms with van der Waals surface area (Å²) in [5, 5.41) is 0. The molecular weight excluding hydrogens is 252 g/mol. The van der Waals surface area contributed by atoms with Crippen molar-refractivity contribution < 1.29 is 9.15 Å². The van der Waals surface area contributed by atoms with Gasteiger partial charge in [-0.1, -0.05) is 32.6 Å². The first kappa shape index (κ1) is 14.9. The summed E-state index contributed by atoms with van der Waals surface area (Å²) in [7, 11) is 0. The highest BCUT2D eigenvalue weighted by atomic mass is 16.5. The van der Waals surface area contributed by atoms with Crippen molar-refractivity contribution in [3.8, 4) is 0 Å². The average Bonchev–Trinajstić information content (AvgIpc) is 2.83. The van der Waals surface area contributed by atoms with Gasteiger partial charge in [0.1, 0.15) is 12.1 Å². The number of nitrogens with two attached hydrogens (primary N) is 1. The molecule has 0 bridgehead atoms. The molecule has 0 aliphatic carbocycles. The summed E-state index contributed by atoms with van der Waals surface area (Å²) >= 11 is 0. The first-order valence-corrected chi connectivity index (χ1v) is 7.45. The van der Waals surface area contributed by atoms with E-state index in [2.05, 4.69) is 18.8 Å². The molecule has 0 radical (unpaired) electrons. The number of benzene rings is 1. The molecule has 0 saturated heterocycles. The third-order valence-electron chi connectivity index (χ3n) is 3.41. The molecule has 1 aromatic carbocycles. The van der Waals surface area contributed by atoms with Crippen LogP contribution in [0.2, 0.25) is 0 Å². The molecule has 0 aliphatic heterocycles. The third kappa shape index (κ3) is 4.23. The lowest BCUT2D eigenvalue weighted by molar-refractivity contribution is 0.0343. The van der Waals surface area contributed by atoms with Gasteiger partial charge in [-0.15, -0.1) is 0 Å². The quantitative estimate of drug-likeness (QED) is 0.577. The second-order valence-corrected chi connectivity index (χ2v) is 5.31. The van der Waals surface area contributed by atoms with Crippen LogP contribution < -0.4 is 5.73 Å². The highest BCUT2D eigenvalue weighted by Crippen LogP contribution is 2.19. The van der Waals surface area contributed by atoms with Gasteiger partial charge in [0.25, 0.3) is 0 Å². The number of rotatable bonds is 8. The zero-order valence-corrected chi connectivity index (χ0v) is 12.4. The van der Waals surface area contributed by atoms with Gasteiger partial charge in [-0.05, 0) is 25.5 Å². The Bertz CT molecular complexity index is 536. The minimum Gasteiger partial charge on any atom is -0.438 e. The summed E-state index contributed by atoms with van der Waals surface area (Å²) in [6, 6.07) is 5.48. The van der Waals surface area contributed by atoms with Crippen molar-refractivity contribution in [2.24, 2.45) is 0 Å². The van der Waals surface area contributed by atoms with E-state index >= 15 is 0 Å². The third-order valence-corrected chi connectivity index (χ3v) is 3.41. The molecule has 2 rings (SSSR count). The van der Waals surface area contributed by atoms with Crippen molar-refractivity contribution in [3.05, 3.63) is 24.1 Å². The Labute approximate surface area is 120 Å². The maximum atomic E-state index is 5.78. The average molecular weight is 276 g/mol. The highest BCUT2D eigenvalue weighted by Gasteiger charge is 2.08. The van der Waals surface area contributed by atoms with Crippen LogP contribution >= 0.6 is 0 Å². The van der Waals surface area contributed by atoms with E-state index in [1.165, 1.54) is 25.7 Å². The van der Waals surface area contributed by atoms with Crippen molar-refractivity contribution in [2.45, 2.75) is 58.7 Å². The minimum atomic E-state index is 0.243. The normalized spacial score (nSPS) is 12.9. The lowest BCUT2D eigenvalue weighted by atomic mass is 10.1. The number of nitrogens with zero attached hydrogens (tertiary/aromatic N) is 1. The number of unbranched alkanes of at least 4 members (excludes halogenated alkanes) is 3. The molecule has 4 nitrogen and oxygen atoms in total. The number of fused-ring (bicyclic) bond motifs is 1. The standard InChI is InChI=1S/C16H24N2O2/c1-3-4-5-6-7-12(2)19-11-16-18-14-9-8-13(17)10-15(14)20-16/h8-10,12H,3-7,11,17H2,1-2H3. The van der Waals surface area contributed by atoms with Crippen molar-refractivity contribution in [2.75, 3.05) is 5.73 Å². The van der Waals surface area contributed by atoms with Gasteiger partial charge in [0.2, 0.25) is 5.89 Å². The number of oxazole rings is 1. The van der Waals surface area contributed by atoms with Gasteiger partial charge in [0.15, 0.2) is 5.58 Å². The van der Waals surface area contributed by atoms with Gasteiger partial charge in [0.05, 0.1) is 6.10 Å². The Hall–Kier alpha value is -1.55. The van der Waals surface area contributed by atoms with Crippen LogP contribution in [0.5, 0.6) is 0 Å². The molecular formula is C16H24N2O2. The maximum absolute atomic E-state index is 5.78. The van der Waals surface area contributed by atoms with E-state index in [-0.39, 0.29) is 6.10 Å². The van der Waals surface area contributed by atoms with Gasteiger partial charge in [0, 0.05) is 11.8 Å². The van der Waals surface area contributed by atoms with E-state index in [0.717, 1.165) is 17.5 Å². The van der Waals surface area contributed by atoms with E-state index in [4.69, 9.17) is 14.9 Å². The summed E-state index contributed by atoms with van der Waals surface area (Å²) in [5.41, 5.74) is 7.95. The molecule has 1 atom stereocenters. The SMILES string of the molecule is CCCCCCC(C)OCc1nc2ccc(N)cc2o1. The van der Waals surface area contributed by atoms with Crippen molar-refractivity contribution in [3.63, 3.8) is 0 Å². The predicted molar refractivity (Wildman–Crippen MR) is 81.4 cm³/mol. The molecule has 20 heavy (non-hydrogen) atoms. The fourth-order valence-corrected chi connectivity index (χ4v) is 2.21. The van der Waals surface area contributed by atoms with Crippen LogP contribution in [0.1, 0.15) is 51.8 Å². The van der Waals surface area contributed by atoms with Gasteiger partial charge in [-0.2, -0.15) is 0 Å². The number of ether oxygens (including phenoxy) is 1. The summed E-state index contributed by atoms with van der Waals surface area (Å²) in [4.78, 5) is 4.39. The second-order valence-electron chi connectivity index (χ2n) is 5.31. The Morgan fingerprint density at radius 2 is 2.15 bits per heavy atom. The Balaban J connectivity index is 1.80. The number of anilines is 1. The molecule has 2 N–H and O–H groups in total. The van der Waals surface area contributed by atoms with Gasteiger partial charge in [-0.25, -0.2) is 4.98 Å². The van der Waals surface area contributed by atoms with Crippen LogP contribution in [0.25, 0.3) is 11.1 Å². The van der Waals surface area contributed by atoms with Gasteiger partial charge in [-0.3, -0.25) is 0 Å². The van der Waals surface area contributed by atoms with E-state index < -0.39 is 0 Å². The molecule has 1 aromatic heterocycles. The van der Waals surface area contributed by atoms with E-state index in [9.17, 15) is 0 Å². The summed E-state index contributed by atoms with van der Waals surface area (Å²) in [5.74, 6) is 0.617. The van der Waals surface area contributed by atoms with Crippen LogP contribution in [0.15, 0.2) is 22.6 Å². The van der Waals surface area contributed by atoms with Crippen LogP contribution in [-0.2, 0) is 11.3 Å². The first-order valence-electron chi connectivity index (χ1n) is 7.45. The van der Waals surface area contributed by atoms with Crippen molar-refractivity contribution in [1.82, 2.24) is 4.98 Å². The number of nitrogen functional groups attached to an aromatic ring is 1. The zero-order chi connectivity index (χ0) is 14.4. The molecule has 0 amide bonds. The summed E-state index contributed by atoms with van der Waals surface area (Å²) in [6.45, 7) is 4.75. The Kier molecular flexibility index (Phi) is 5.41. The smallest absolute Gasteiger partial charge is 0.221 e. The first-order chi connectivity index (χ1) is 9.69. The summed E-state index contributed by atoms with van der Waals surface area (Å²) in [6.07, 6.45) is 6.41. The van der Waals surface area contributed by atoms with Gasteiger partial charge < -0.3 is 14.9 Å². The number of hydrogen-bond acceptors (Lipinski definition) is 4. The molecule has 110 valence electrons. The minimum absolute atomic E-state index is 0.243. The van der Waals surface area contributed by atoms with Crippen LogP contribution in [0.4, 0.5) is 5.69 Å². The van der Waals surface area contributed by atoms with E-state index in [1.807, 2.05) is 12.1 Å². The maximum Gasteiger partial charge on any atom is 0.221 e. The predicted octanol–water partition coefficient (Wildman–Crippen LogP) is 4.29. The van der Waals surface area contributed by atoms with E-state index in [0.29, 0.717) is 18.2 Å². The number of hydrogen-bond donors (Lipinski definition) is 1. The Morgan fingerprint density at radius 1 is 1.30 bits per heavy atom. The highest BCUT2D eigenvalue weighted by molar-refractivity contribution is 5.76. The van der Waals surface area contributed by atoms with Crippen molar-refractivity contribution >= 4 is 16.8 Å². The number of aromatic nitrogens is 1. The lowest BCUT2D eigenvalue weighted by Gasteiger charge is -2.11. The fourth-order valence-electron chi connectivity index (χ4n) is 2.21. The molecule has 2 aromatic rings. The lowest BCUT2D eigenvalue weighted by Crippen LogP contribution is -2.08. The Morgan fingerprint density at radius 3 is 2.95 bits per heavy atom. The molecule has 4 heteroatoms. The largest absolute Gasteiger partial charge is 0.438 e. The molecule has 0 spiro atoms. The summed E-state index contributed by atoms with van der Waals surface area (Å²) < 4.78 is 11.4. The van der Waals surface area contributed by atoms with Gasteiger partial charge >= 0.3 is 0 Å². The molecule has 1 heterocycles. The zero-order valence-electron chi connectivity index (χ0n) is 12.4. The molecule has 1 unspecified atom stereocenters. The topological polar surface area (TPSA) is 61.3 Å². The molecule has 0 saturated carbocycles. The van der Waals surface area contributed by atoms with Crippen molar-refractivity contribution in [1.29, 1.82) is 0 Å². The molecule has 0 fully saturated rings.